The minimum absolute atomic E-state index is 0.0704. The molecule has 0 heterocycles. The summed E-state index contributed by atoms with van der Waals surface area (Å²) in [5, 5.41) is 0. The maximum absolute atomic E-state index is 13.6. The van der Waals surface area contributed by atoms with E-state index < -0.39 is 101 Å². The third kappa shape index (κ3) is 5.72. The maximum Gasteiger partial charge on any atom is 0.490 e. The van der Waals surface area contributed by atoms with Crippen molar-refractivity contribution in [1.82, 2.24) is 0 Å². The Morgan fingerprint density at radius 2 is 1.44 bits per heavy atom. The van der Waals surface area contributed by atoms with E-state index in [9.17, 15) is 63.5 Å². The number of hydrogen-bond acceptors (Lipinski definition) is 8. The van der Waals surface area contributed by atoms with Crippen molar-refractivity contribution in [2.75, 3.05) is 6.61 Å². The second kappa shape index (κ2) is 11.0. The third-order valence-electron chi connectivity index (χ3n) is 10.5. The van der Waals surface area contributed by atoms with Crippen molar-refractivity contribution in [2.45, 2.75) is 89.0 Å². The fourth-order valence-electron chi connectivity index (χ4n) is 8.66. The number of hydrogen-bond donors (Lipinski definition) is 0. The summed E-state index contributed by atoms with van der Waals surface area (Å²) in [6, 6.07) is 0. The highest BCUT2D eigenvalue weighted by Gasteiger charge is 2.74. The van der Waals surface area contributed by atoms with Gasteiger partial charge in [0.2, 0.25) is 11.4 Å². The number of ether oxygens (including phenoxy) is 3. The average Bonchev–Trinajstić information content (AvgIpc) is 3.12. The van der Waals surface area contributed by atoms with Crippen molar-refractivity contribution in [3.63, 3.8) is 0 Å². The van der Waals surface area contributed by atoms with Gasteiger partial charge in [-0.2, -0.15) is 39.5 Å². The molecule has 0 aromatic rings. The van der Waals surface area contributed by atoms with Crippen LogP contribution in [0.15, 0.2) is 12.2 Å². The second-order valence-electron chi connectivity index (χ2n) is 12.8. The van der Waals surface area contributed by atoms with E-state index in [-0.39, 0.29) is 43.8 Å². The van der Waals surface area contributed by atoms with Crippen LogP contribution in [0.25, 0.3) is 0 Å². The summed E-state index contributed by atoms with van der Waals surface area (Å²) in [7, 11) is 0. The number of esters is 3. The number of carbonyl (C=O) groups is 5. The van der Waals surface area contributed by atoms with E-state index in [1.807, 2.05) is 0 Å². The Kier molecular flexibility index (Phi) is 8.48. The van der Waals surface area contributed by atoms with Gasteiger partial charge in [0.05, 0.1) is 0 Å². The Balaban J connectivity index is 1.86. The smallest absolute Gasteiger partial charge is 0.455 e. The van der Waals surface area contributed by atoms with Gasteiger partial charge >= 0.3 is 36.4 Å². The molecule has 4 saturated carbocycles. The number of ketones is 2. The van der Waals surface area contributed by atoms with Crippen LogP contribution in [0, 0.1) is 34.5 Å². The topological polar surface area (TPSA) is 113 Å². The summed E-state index contributed by atoms with van der Waals surface area (Å²) in [6.07, 6.45) is -18.9. The van der Waals surface area contributed by atoms with Crippen LogP contribution in [0.3, 0.4) is 0 Å². The van der Waals surface area contributed by atoms with Gasteiger partial charge in [-0.05, 0) is 60.8 Å². The first-order valence-corrected chi connectivity index (χ1v) is 13.9. The van der Waals surface area contributed by atoms with Gasteiger partial charge in [0, 0.05) is 24.2 Å². The molecule has 0 radical (unpaired) electrons. The monoisotopic (exact) mass is 664 g/mol. The molecular formula is C28H29F9O8. The van der Waals surface area contributed by atoms with Crippen LogP contribution in [0.5, 0.6) is 0 Å². The van der Waals surface area contributed by atoms with Gasteiger partial charge in [-0.3, -0.25) is 9.59 Å². The van der Waals surface area contributed by atoms with Gasteiger partial charge in [0.25, 0.3) is 0 Å². The molecule has 45 heavy (non-hydrogen) atoms. The quantitative estimate of drug-likeness (QED) is 0.167. The lowest BCUT2D eigenvalue weighted by molar-refractivity contribution is -0.244. The zero-order chi connectivity index (χ0) is 34.1. The van der Waals surface area contributed by atoms with E-state index in [1.54, 1.807) is 6.92 Å². The minimum Gasteiger partial charge on any atom is -0.455 e. The molecular weight excluding hydrogens is 635 g/mol. The lowest BCUT2D eigenvalue weighted by Crippen LogP contribution is -2.65. The van der Waals surface area contributed by atoms with Gasteiger partial charge in [0.15, 0.2) is 6.61 Å². The molecule has 2 unspecified atom stereocenters. The largest absolute Gasteiger partial charge is 0.490 e. The van der Waals surface area contributed by atoms with Crippen LogP contribution in [0.4, 0.5) is 39.5 Å². The van der Waals surface area contributed by atoms with E-state index >= 15 is 0 Å². The Bertz CT molecular complexity index is 1300. The summed E-state index contributed by atoms with van der Waals surface area (Å²) < 4.78 is 133. The first-order valence-electron chi connectivity index (χ1n) is 13.9. The van der Waals surface area contributed by atoms with E-state index in [2.05, 4.69) is 11.3 Å². The SMILES string of the molecule is C=C1C[C@H]2[C@@H]3CCC4CC(=O)CC[C@]4(C)[C@H]3C(OC(=O)C(F)(F)F)C[C@]2(C)[C@@]1(OC(=O)C(F)(F)F)C(=O)COC(=O)C(F)(F)F. The number of rotatable bonds is 5. The van der Waals surface area contributed by atoms with Crippen molar-refractivity contribution < 1.29 is 77.7 Å². The van der Waals surface area contributed by atoms with Gasteiger partial charge in [-0.15, -0.1) is 0 Å². The lowest BCUT2D eigenvalue weighted by Gasteiger charge is -2.62. The fourth-order valence-corrected chi connectivity index (χ4v) is 8.66. The van der Waals surface area contributed by atoms with Crippen molar-refractivity contribution in [2.24, 2.45) is 34.5 Å². The van der Waals surface area contributed by atoms with Crippen molar-refractivity contribution >= 4 is 29.5 Å². The Morgan fingerprint density at radius 3 is 2.00 bits per heavy atom. The number of alkyl halides is 9. The fraction of sp³-hybridized carbons (Fsp3) is 0.750. The predicted octanol–water partition coefficient (Wildman–Crippen LogP) is 5.37. The molecule has 4 rings (SSSR count). The average molecular weight is 665 g/mol. The molecule has 8 nitrogen and oxygen atoms in total. The first-order chi connectivity index (χ1) is 20.4. The minimum atomic E-state index is -5.75. The standard InChI is InChI=1S/C28H29F9O8/c1-12-8-16-15-5-4-13-9-14(38)6-7-23(13,2)19(15)17(44-21(41)27(32,33)34)10-24(16,3)25(12,45-22(42)28(35,36)37)18(39)11-43-20(40)26(29,30)31/h13,15-17,19H,1,4-11H2,2-3H3/t13?,15-,16-,17?,19+,23-,24-,25-/m0/s1. The number of halogens is 9. The summed E-state index contributed by atoms with van der Waals surface area (Å²) in [5.74, 6) is -13.3. The second-order valence-corrected chi connectivity index (χ2v) is 12.8. The highest BCUT2D eigenvalue weighted by Crippen LogP contribution is 2.70. The van der Waals surface area contributed by atoms with Gasteiger partial charge in [-0.25, -0.2) is 14.4 Å². The van der Waals surface area contributed by atoms with Crippen LogP contribution >= 0.6 is 0 Å². The molecule has 0 aromatic carbocycles. The Morgan fingerprint density at radius 1 is 0.867 bits per heavy atom. The summed E-state index contributed by atoms with van der Waals surface area (Å²) in [6.45, 7) is 4.62. The third-order valence-corrected chi connectivity index (χ3v) is 10.5. The van der Waals surface area contributed by atoms with Gasteiger partial charge in [-0.1, -0.05) is 20.4 Å². The molecule has 8 atom stereocenters. The van der Waals surface area contributed by atoms with Gasteiger partial charge < -0.3 is 14.2 Å². The Hall–Kier alpha value is -3.14. The van der Waals surface area contributed by atoms with Crippen LogP contribution in [-0.2, 0) is 38.2 Å². The van der Waals surface area contributed by atoms with Crippen LogP contribution in [0.1, 0.15) is 58.8 Å². The zero-order valence-corrected chi connectivity index (χ0v) is 23.9. The number of carbonyl (C=O) groups excluding carboxylic acids is 5. The molecule has 17 heteroatoms. The molecule has 4 fully saturated rings. The highest BCUT2D eigenvalue weighted by molar-refractivity contribution is 5.97. The number of fused-ring (bicyclic) bond motifs is 5. The lowest BCUT2D eigenvalue weighted by atomic mass is 9.43. The predicted molar refractivity (Wildman–Crippen MR) is 129 cm³/mol. The van der Waals surface area contributed by atoms with Crippen LogP contribution in [-0.4, -0.2) is 66.3 Å². The molecule has 0 amide bonds. The van der Waals surface area contributed by atoms with Crippen molar-refractivity contribution in [3.05, 3.63) is 12.2 Å². The molecule has 0 bridgehead atoms. The van der Waals surface area contributed by atoms with E-state index in [4.69, 9.17) is 9.47 Å². The Labute approximate surface area is 250 Å². The summed E-state index contributed by atoms with van der Waals surface area (Å²) >= 11 is 0. The molecule has 0 aliphatic heterocycles. The maximum atomic E-state index is 13.6. The molecule has 4 aliphatic rings. The van der Waals surface area contributed by atoms with E-state index in [0.29, 0.717) is 6.42 Å². The molecule has 0 aromatic heterocycles. The summed E-state index contributed by atoms with van der Waals surface area (Å²) in [5.41, 5.74) is -6.66. The molecule has 252 valence electrons. The van der Waals surface area contributed by atoms with E-state index in [1.165, 1.54) is 0 Å². The molecule has 4 aliphatic carbocycles. The molecule has 0 spiro atoms. The zero-order valence-electron chi connectivity index (χ0n) is 23.9. The van der Waals surface area contributed by atoms with Gasteiger partial charge in [0.1, 0.15) is 11.9 Å². The van der Waals surface area contributed by atoms with Crippen molar-refractivity contribution in [3.8, 4) is 0 Å². The van der Waals surface area contributed by atoms with Crippen LogP contribution < -0.4 is 0 Å². The highest BCUT2D eigenvalue weighted by atomic mass is 19.4. The van der Waals surface area contributed by atoms with Crippen LogP contribution in [0.2, 0.25) is 0 Å². The van der Waals surface area contributed by atoms with E-state index in [0.717, 1.165) is 6.92 Å². The summed E-state index contributed by atoms with van der Waals surface area (Å²) in [4.78, 5) is 61.7. The first kappa shape index (κ1) is 34.7. The normalized spacial score (nSPS) is 36.7. The molecule has 0 N–H and O–H groups in total. The van der Waals surface area contributed by atoms with Crippen molar-refractivity contribution in [1.29, 1.82) is 0 Å². The number of Topliss-reactive ketones (excluding diaryl/α,β-unsaturated/α-hetero) is 2. The molecule has 0 saturated heterocycles.